The number of ether oxygens (including phenoxy) is 2. The van der Waals surface area contributed by atoms with Crippen molar-refractivity contribution < 1.29 is 67.2 Å². The molecule has 17 heteroatoms. The second kappa shape index (κ2) is 10.2. The molecule has 1 amide bonds. The molecule has 0 saturated carbocycles. The maximum absolute atomic E-state index is 13.8. The van der Waals surface area contributed by atoms with Gasteiger partial charge in [-0.2, -0.15) is 43.5 Å². The van der Waals surface area contributed by atoms with E-state index in [0.717, 1.165) is 12.1 Å². The molecule has 1 unspecified atom stereocenters. The maximum Gasteiger partial charge on any atom is 0.466 e. The highest BCUT2D eigenvalue weighted by Gasteiger charge is 2.67. The summed E-state index contributed by atoms with van der Waals surface area (Å²) in [4.78, 5) is 23.8. The Balaban J connectivity index is 3.21. The Bertz CT molecular complexity index is 1010. The third kappa shape index (κ3) is 6.41. The molecule has 1 aromatic rings. The lowest BCUT2D eigenvalue weighted by Gasteiger charge is -2.33. The van der Waals surface area contributed by atoms with E-state index >= 15 is 0 Å². The van der Waals surface area contributed by atoms with Gasteiger partial charge in [0.2, 0.25) is 5.83 Å². The summed E-state index contributed by atoms with van der Waals surface area (Å²) in [6.45, 7) is 0.723. The van der Waals surface area contributed by atoms with Crippen LogP contribution in [0.1, 0.15) is 12.8 Å². The quantitative estimate of drug-likeness (QED) is 0.112. The van der Waals surface area contributed by atoms with Crippen molar-refractivity contribution in [3.63, 3.8) is 0 Å². The largest absolute Gasteiger partial charge is 0.466 e. The fraction of sp³-hybridized carbons (Fsp3) is 0.412. The van der Waals surface area contributed by atoms with Gasteiger partial charge in [0.25, 0.3) is 0 Å². The van der Waals surface area contributed by atoms with Crippen molar-refractivity contribution in [1.29, 1.82) is 0 Å². The molecule has 2 N–H and O–H groups in total. The Morgan fingerprint density at radius 3 is 2.00 bits per heavy atom. The first-order valence-electron chi connectivity index (χ1n) is 8.66. The predicted molar refractivity (Wildman–Crippen MR) is 96.8 cm³/mol. The highest BCUT2D eigenvalue weighted by atomic mass is 32.2. The predicted octanol–water partition coefficient (Wildman–Crippen LogP) is 3.82. The minimum Gasteiger partial charge on any atom is -0.410 e. The van der Waals surface area contributed by atoms with Gasteiger partial charge in [-0.1, -0.05) is 24.8 Å². The van der Waals surface area contributed by atoms with Gasteiger partial charge in [-0.05, 0) is 18.6 Å². The van der Waals surface area contributed by atoms with E-state index in [1.807, 2.05) is 0 Å². The molecule has 1 aromatic carbocycles. The number of hydrogen-bond acceptors (Lipinski definition) is 6. The summed E-state index contributed by atoms with van der Waals surface area (Å²) in [5, 5.41) is -4.37. The molecule has 34 heavy (non-hydrogen) atoms. The van der Waals surface area contributed by atoms with Gasteiger partial charge in [0.05, 0.1) is 6.61 Å². The number of rotatable bonds is 11. The van der Waals surface area contributed by atoms with Crippen LogP contribution in [-0.2, 0) is 29.2 Å². The summed E-state index contributed by atoms with van der Waals surface area (Å²) in [6, 6.07) is 6.08. The standard InChI is InChI=1S/C17H15F8NO7S/c1-10(18)12(27)33-15(16(21,22)23,13(28)26-11-6-3-2-4-7-11)32-9-5-8-14(19,20)17(24,25)34(29,30)31/h2-4,6-7H,1,5,8-9H2,(H,26,28)(H,29,30,31). The first-order chi connectivity index (χ1) is 15.3. The van der Waals surface area contributed by atoms with Crippen LogP contribution in [0, 0.1) is 0 Å². The van der Waals surface area contributed by atoms with Crippen LogP contribution in [0.5, 0.6) is 0 Å². The van der Waals surface area contributed by atoms with Crippen LogP contribution in [0.15, 0.2) is 42.7 Å². The highest BCUT2D eigenvalue weighted by molar-refractivity contribution is 7.87. The Hall–Kier alpha value is -2.79. The van der Waals surface area contributed by atoms with Crippen LogP contribution in [-0.4, -0.2) is 54.6 Å². The molecular weight excluding hydrogens is 514 g/mol. The first-order valence-corrected chi connectivity index (χ1v) is 10.1. The second-order valence-electron chi connectivity index (χ2n) is 6.38. The molecule has 0 saturated heterocycles. The summed E-state index contributed by atoms with van der Waals surface area (Å²) in [5.74, 6) is -17.0. The molecule has 8 nitrogen and oxygen atoms in total. The first kappa shape index (κ1) is 29.2. The number of halogens is 8. The third-order valence-corrected chi connectivity index (χ3v) is 4.80. The number of anilines is 1. The Kier molecular flexibility index (Phi) is 8.79. The molecule has 0 spiro atoms. The normalized spacial score (nSPS) is 14.7. The smallest absolute Gasteiger partial charge is 0.410 e. The van der Waals surface area contributed by atoms with Crippen molar-refractivity contribution in [2.75, 3.05) is 11.9 Å². The van der Waals surface area contributed by atoms with Crippen LogP contribution in [0.4, 0.5) is 40.8 Å². The number of nitrogens with one attached hydrogen (secondary N) is 1. The van der Waals surface area contributed by atoms with Gasteiger partial charge < -0.3 is 14.8 Å². The number of carbonyl (C=O) groups excluding carboxylic acids is 2. The molecular formula is C17H15F8NO7S. The van der Waals surface area contributed by atoms with Crippen LogP contribution in [0.3, 0.4) is 0 Å². The number of benzene rings is 1. The molecule has 0 aliphatic heterocycles. The van der Waals surface area contributed by atoms with E-state index < -0.39 is 70.4 Å². The molecule has 0 fully saturated rings. The minimum absolute atomic E-state index is 0.306. The van der Waals surface area contributed by atoms with E-state index in [2.05, 4.69) is 16.1 Å². The number of para-hydroxylation sites is 1. The van der Waals surface area contributed by atoms with Crippen LogP contribution in [0.25, 0.3) is 0 Å². The van der Waals surface area contributed by atoms with Crippen LogP contribution in [0.2, 0.25) is 0 Å². The van der Waals surface area contributed by atoms with E-state index in [9.17, 15) is 53.1 Å². The summed E-state index contributed by atoms with van der Waals surface area (Å²) >= 11 is 0. The van der Waals surface area contributed by atoms with Gasteiger partial charge in [0.15, 0.2) is 0 Å². The van der Waals surface area contributed by atoms with E-state index in [1.165, 1.54) is 18.2 Å². The lowest BCUT2D eigenvalue weighted by atomic mass is 10.2. The zero-order valence-electron chi connectivity index (χ0n) is 16.5. The number of hydrogen-bond donors (Lipinski definition) is 2. The van der Waals surface area contributed by atoms with E-state index in [-0.39, 0.29) is 5.69 Å². The van der Waals surface area contributed by atoms with Gasteiger partial charge in [0, 0.05) is 12.1 Å². The van der Waals surface area contributed by atoms with Gasteiger partial charge in [-0.3, -0.25) is 9.35 Å². The van der Waals surface area contributed by atoms with E-state index in [1.54, 1.807) is 5.32 Å². The summed E-state index contributed by atoms with van der Waals surface area (Å²) in [5.41, 5.74) is -0.306. The Morgan fingerprint density at radius 2 is 1.56 bits per heavy atom. The van der Waals surface area contributed by atoms with Gasteiger partial charge >= 0.3 is 45.1 Å². The van der Waals surface area contributed by atoms with Crippen molar-refractivity contribution in [3.8, 4) is 0 Å². The molecule has 0 aromatic heterocycles. The zero-order chi connectivity index (χ0) is 26.6. The SMILES string of the molecule is C=C(F)C(=O)OC(OCCCC(F)(F)C(F)(F)S(=O)(=O)O)(C(=O)Nc1ccccc1)C(F)(F)F. The Morgan fingerprint density at radius 1 is 1.03 bits per heavy atom. The van der Waals surface area contributed by atoms with Crippen molar-refractivity contribution >= 4 is 27.7 Å². The van der Waals surface area contributed by atoms with Gasteiger partial charge in [-0.25, -0.2) is 4.79 Å². The summed E-state index contributed by atoms with van der Waals surface area (Å²) < 4.78 is 145. The van der Waals surface area contributed by atoms with Crippen molar-refractivity contribution in [3.05, 3.63) is 42.7 Å². The zero-order valence-corrected chi connectivity index (χ0v) is 17.4. The number of esters is 1. The van der Waals surface area contributed by atoms with Crippen LogP contribution < -0.4 is 5.32 Å². The molecule has 0 heterocycles. The number of alkyl halides is 7. The molecule has 0 bridgehead atoms. The molecule has 0 aliphatic rings. The average Bonchev–Trinajstić information content (AvgIpc) is 2.68. The fourth-order valence-electron chi connectivity index (χ4n) is 2.17. The fourth-order valence-corrected chi connectivity index (χ4v) is 2.65. The lowest BCUT2D eigenvalue weighted by Crippen LogP contribution is -2.60. The highest BCUT2D eigenvalue weighted by Crippen LogP contribution is 2.42. The number of amides is 1. The average molecular weight is 529 g/mol. The monoisotopic (exact) mass is 529 g/mol. The van der Waals surface area contributed by atoms with Gasteiger partial charge in [0.1, 0.15) is 0 Å². The molecule has 0 aliphatic carbocycles. The van der Waals surface area contributed by atoms with Crippen molar-refractivity contribution in [2.45, 2.75) is 36.0 Å². The van der Waals surface area contributed by atoms with E-state index in [4.69, 9.17) is 4.55 Å². The molecule has 192 valence electrons. The molecule has 1 rings (SSSR count). The maximum atomic E-state index is 13.8. The topological polar surface area (TPSA) is 119 Å². The molecule has 1 atom stereocenters. The Labute approximate surface area is 186 Å². The summed E-state index contributed by atoms with van der Waals surface area (Å²) in [6.07, 6.45) is -9.63. The third-order valence-electron chi connectivity index (χ3n) is 3.85. The van der Waals surface area contributed by atoms with E-state index in [0.29, 0.717) is 0 Å². The van der Waals surface area contributed by atoms with Gasteiger partial charge in [-0.15, -0.1) is 0 Å². The van der Waals surface area contributed by atoms with Crippen LogP contribution >= 0.6 is 0 Å². The summed E-state index contributed by atoms with van der Waals surface area (Å²) in [7, 11) is -6.61. The lowest BCUT2D eigenvalue weighted by molar-refractivity contribution is -0.345. The molecule has 0 radical (unpaired) electrons. The van der Waals surface area contributed by atoms with Crippen molar-refractivity contribution in [2.24, 2.45) is 0 Å². The minimum atomic E-state index is -6.61. The van der Waals surface area contributed by atoms with Crippen molar-refractivity contribution in [1.82, 2.24) is 0 Å². The number of carbonyl (C=O) groups is 2. The second-order valence-corrected chi connectivity index (χ2v) is 7.84.